The number of benzene rings is 1. The fraction of sp³-hybridized carbons (Fsp3) is 0.308. The zero-order chi connectivity index (χ0) is 11.5. The molecule has 1 amide bonds. The third-order valence-corrected chi connectivity index (χ3v) is 2.63. The molecule has 0 saturated carbocycles. The van der Waals surface area contributed by atoms with Crippen molar-refractivity contribution in [3.05, 3.63) is 36.4 Å². The predicted molar refractivity (Wildman–Crippen MR) is 63.7 cm³/mol. The van der Waals surface area contributed by atoms with E-state index in [1.54, 1.807) is 6.08 Å². The van der Waals surface area contributed by atoms with Crippen molar-refractivity contribution in [1.29, 1.82) is 0 Å². The highest BCUT2D eigenvalue weighted by atomic mass is 16.5. The average molecular weight is 217 g/mol. The molecule has 3 nitrogen and oxygen atoms in total. The van der Waals surface area contributed by atoms with E-state index in [1.165, 1.54) is 5.56 Å². The lowest BCUT2D eigenvalue weighted by Crippen LogP contribution is -2.19. The van der Waals surface area contributed by atoms with Crippen LogP contribution in [0, 0.1) is 0 Å². The third-order valence-electron chi connectivity index (χ3n) is 2.63. The molecule has 1 aliphatic rings. The zero-order valence-electron chi connectivity index (χ0n) is 9.32. The number of aryl methyl sites for hydroxylation is 1. The van der Waals surface area contributed by atoms with Gasteiger partial charge in [0.25, 0.3) is 0 Å². The van der Waals surface area contributed by atoms with Gasteiger partial charge in [-0.25, -0.2) is 0 Å². The topological polar surface area (TPSA) is 38.3 Å². The second kappa shape index (κ2) is 4.39. The van der Waals surface area contributed by atoms with Crippen molar-refractivity contribution in [2.75, 3.05) is 5.32 Å². The summed E-state index contributed by atoms with van der Waals surface area (Å²) in [7, 11) is 0. The van der Waals surface area contributed by atoms with E-state index in [4.69, 9.17) is 4.74 Å². The van der Waals surface area contributed by atoms with Gasteiger partial charge in [-0.15, -0.1) is 0 Å². The number of fused-ring (bicyclic) bond motifs is 1. The van der Waals surface area contributed by atoms with Crippen molar-refractivity contribution < 1.29 is 9.53 Å². The zero-order valence-corrected chi connectivity index (χ0v) is 9.32. The van der Waals surface area contributed by atoms with Crippen molar-refractivity contribution in [2.24, 2.45) is 0 Å². The molecule has 16 heavy (non-hydrogen) atoms. The van der Waals surface area contributed by atoms with Gasteiger partial charge >= 0.3 is 0 Å². The number of hydrogen-bond acceptors (Lipinski definition) is 2. The van der Waals surface area contributed by atoms with Gasteiger partial charge in [-0.2, -0.15) is 0 Å². The van der Waals surface area contributed by atoms with Crippen LogP contribution in [0.1, 0.15) is 18.9 Å². The molecular weight excluding hydrogens is 202 g/mol. The summed E-state index contributed by atoms with van der Waals surface area (Å²) in [5, 5.41) is 2.85. The first kappa shape index (κ1) is 10.7. The van der Waals surface area contributed by atoms with Gasteiger partial charge in [0.2, 0.25) is 5.91 Å². The van der Waals surface area contributed by atoms with Gasteiger partial charge in [0, 0.05) is 18.2 Å². The number of rotatable bonds is 3. The maximum absolute atomic E-state index is 11.2. The molecule has 1 aliphatic heterocycles. The van der Waals surface area contributed by atoms with Crippen LogP contribution in [0.25, 0.3) is 0 Å². The second-order valence-electron chi connectivity index (χ2n) is 3.93. The summed E-state index contributed by atoms with van der Waals surface area (Å²) in [6.45, 7) is 5.58. The Bertz CT molecular complexity index is 426. The van der Waals surface area contributed by atoms with Gasteiger partial charge in [0.15, 0.2) is 0 Å². The molecule has 0 aliphatic carbocycles. The molecule has 0 aromatic heterocycles. The lowest BCUT2D eigenvalue weighted by molar-refractivity contribution is -0.116. The summed E-state index contributed by atoms with van der Waals surface area (Å²) in [6, 6.07) is 5.79. The fourth-order valence-corrected chi connectivity index (χ4v) is 1.69. The smallest absolute Gasteiger partial charge is 0.224 e. The summed E-state index contributed by atoms with van der Waals surface area (Å²) < 4.78 is 5.60. The van der Waals surface area contributed by atoms with Crippen molar-refractivity contribution >= 4 is 11.6 Å². The minimum Gasteiger partial charge on any atom is -0.487 e. The number of nitrogens with one attached hydrogen (secondary N) is 1. The van der Waals surface area contributed by atoms with E-state index in [0.29, 0.717) is 6.42 Å². The molecule has 1 aromatic carbocycles. The summed E-state index contributed by atoms with van der Waals surface area (Å²) in [5.41, 5.74) is 2.03. The lowest BCUT2D eigenvalue weighted by atomic mass is 10.0. The molecule has 3 heteroatoms. The van der Waals surface area contributed by atoms with E-state index in [2.05, 4.69) is 11.9 Å². The van der Waals surface area contributed by atoms with Crippen LogP contribution >= 0.6 is 0 Å². The van der Waals surface area contributed by atoms with Crippen LogP contribution < -0.4 is 10.1 Å². The van der Waals surface area contributed by atoms with Crippen molar-refractivity contribution in [1.82, 2.24) is 0 Å². The highest BCUT2D eigenvalue weighted by Crippen LogP contribution is 2.27. The predicted octanol–water partition coefficient (Wildman–Crippen LogP) is 2.52. The Hall–Kier alpha value is -1.77. The van der Waals surface area contributed by atoms with E-state index in [9.17, 15) is 4.79 Å². The van der Waals surface area contributed by atoms with Gasteiger partial charge in [0.1, 0.15) is 11.9 Å². The van der Waals surface area contributed by atoms with E-state index in [-0.39, 0.29) is 12.0 Å². The number of amides is 1. The average Bonchev–Trinajstić information content (AvgIpc) is 2.28. The molecule has 1 N–H and O–H groups in total. The van der Waals surface area contributed by atoms with Crippen LogP contribution in [-0.4, -0.2) is 12.0 Å². The third kappa shape index (κ3) is 2.24. The first-order valence-corrected chi connectivity index (χ1v) is 5.41. The lowest BCUT2D eigenvalue weighted by Gasteiger charge is -2.18. The molecule has 2 rings (SSSR count). The van der Waals surface area contributed by atoms with Crippen LogP contribution in [0.15, 0.2) is 30.9 Å². The quantitative estimate of drug-likeness (QED) is 0.790. The summed E-state index contributed by atoms with van der Waals surface area (Å²) >= 11 is 0. The molecule has 0 saturated heterocycles. The molecule has 84 valence electrons. The molecule has 1 aromatic rings. The monoisotopic (exact) mass is 217 g/mol. The number of carbonyl (C=O) groups is 1. The number of anilines is 1. The maximum Gasteiger partial charge on any atom is 0.224 e. The van der Waals surface area contributed by atoms with Crippen molar-refractivity contribution in [3.63, 3.8) is 0 Å². The Labute approximate surface area is 95.1 Å². The normalized spacial score (nSPS) is 15.9. The number of carbonyl (C=O) groups excluding carboxylic acids is 1. The maximum atomic E-state index is 11.2. The first-order chi connectivity index (χ1) is 7.69. The molecule has 0 radical (unpaired) electrons. The number of ether oxygens (including phenoxy) is 1. The van der Waals surface area contributed by atoms with E-state index >= 15 is 0 Å². The largest absolute Gasteiger partial charge is 0.487 e. The number of hydrogen-bond donors (Lipinski definition) is 1. The van der Waals surface area contributed by atoms with Gasteiger partial charge < -0.3 is 10.1 Å². The molecule has 1 unspecified atom stereocenters. The summed E-state index contributed by atoms with van der Waals surface area (Å²) in [6.07, 6.45) is 3.07. The van der Waals surface area contributed by atoms with Crippen molar-refractivity contribution in [2.45, 2.75) is 25.9 Å². The van der Waals surface area contributed by atoms with Crippen LogP contribution in [0.5, 0.6) is 5.75 Å². The highest BCUT2D eigenvalue weighted by molar-refractivity contribution is 5.94. The molecular formula is C13H15NO2. The van der Waals surface area contributed by atoms with Gasteiger partial charge in [-0.1, -0.05) is 18.7 Å². The SMILES string of the molecule is C=CC(C)Oc1ccc2c(c1)NC(=O)CC2. The summed E-state index contributed by atoms with van der Waals surface area (Å²) in [4.78, 5) is 11.2. The Morgan fingerprint density at radius 2 is 2.31 bits per heavy atom. The molecule has 0 bridgehead atoms. The minimum absolute atomic E-state index is 0.0302. The van der Waals surface area contributed by atoms with Crippen LogP contribution in [0.2, 0.25) is 0 Å². The highest BCUT2D eigenvalue weighted by Gasteiger charge is 2.15. The Morgan fingerprint density at radius 3 is 3.06 bits per heavy atom. The second-order valence-corrected chi connectivity index (χ2v) is 3.93. The van der Waals surface area contributed by atoms with E-state index < -0.39 is 0 Å². The Balaban J connectivity index is 2.21. The summed E-state index contributed by atoms with van der Waals surface area (Å²) in [5.74, 6) is 0.828. The van der Waals surface area contributed by atoms with Gasteiger partial charge in [-0.3, -0.25) is 4.79 Å². The Kier molecular flexibility index (Phi) is 2.95. The van der Waals surface area contributed by atoms with Gasteiger partial charge in [0.05, 0.1) is 0 Å². The first-order valence-electron chi connectivity index (χ1n) is 5.41. The van der Waals surface area contributed by atoms with Gasteiger partial charge in [-0.05, 0) is 25.0 Å². The minimum atomic E-state index is -0.0302. The molecule has 1 heterocycles. The van der Waals surface area contributed by atoms with Crippen LogP contribution in [0.4, 0.5) is 5.69 Å². The molecule has 1 atom stereocenters. The van der Waals surface area contributed by atoms with Crippen LogP contribution in [0.3, 0.4) is 0 Å². The molecule has 0 spiro atoms. The van der Waals surface area contributed by atoms with Crippen LogP contribution in [-0.2, 0) is 11.2 Å². The van der Waals surface area contributed by atoms with Crippen molar-refractivity contribution in [3.8, 4) is 5.75 Å². The Morgan fingerprint density at radius 1 is 1.50 bits per heavy atom. The standard InChI is InChI=1S/C13H15NO2/c1-3-9(2)16-11-6-4-10-5-7-13(15)14-12(10)8-11/h3-4,6,8-9H,1,5,7H2,2H3,(H,14,15). The van der Waals surface area contributed by atoms with E-state index in [0.717, 1.165) is 17.9 Å². The van der Waals surface area contributed by atoms with E-state index in [1.807, 2.05) is 25.1 Å². The fourth-order valence-electron chi connectivity index (χ4n) is 1.69. The molecule has 0 fully saturated rings.